The molecular formula is C14H20O4. The van der Waals surface area contributed by atoms with E-state index in [0.29, 0.717) is 12.8 Å². The van der Waals surface area contributed by atoms with Crippen molar-refractivity contribution in [2.24, 2.45) is 5.92 Å². The van der Waals surface area contributed by atoms with Gasteiger partial charge in [-0.25, -0.2) is 0 Å². The number of carboxylic acids is 1. The summed E-state index contributed by atoms with van der Waals surface area (Å²) in [6.07, 6.45) is 0.729. The van der Waals surface area contributed by atoms with E-state index in [2.05, 4.69) is 0 Å². The molecule has 0 aliphatic heterocycles. The third kappa shape index (κ3) is 4.04. The Kier molecular flexibility index (Phi) is 4.73. The molecule has 0 heterocycles. The fourth-order valence-electron chi connectivity index (χ4n) is 1.87. The Balaban J connectivity index is 2.67. The molecule has 1 atom stereocenters. The minimum Gasteiger partial charge on any atom is -0.508 e. The average Bonchev–Trinajstić information content (AvgIpc) is 2.27. The van der Waals surface area contributed by atoms with Crippen LogP contribution >= 0.6 is 0 Å². The van der Waals surface area contributed by atoms with Crippen molar-refractivity contribution in [3.8, 4) is 5.75 Å². The van der Waals surface area contributed by atoms with Gasteiger partial charge in [-0.3, -0.25) is 4.79 Å². The third-order valence-corrected chi connectivity index (χ3v) is 3.31. The van der Waals surface area contributed by atoms with Gasteiger partial charge in [0.05, 0.1) is 12.0 Å². The van der Waals surface area contributed by atoms with Crippen molar-refractivity contribution in [2.45, 2.75) is 38.7 Å². The van der Waals surface area contributed by atoms with E-state index in [1.807, 2.05) is 13.8 Å². The number of hydrogen-bond acceptors (Lipinski definition) is 3. The molecule has 4 heteroatoms. The molecule has 100 valence electrons. The Morgan fingerprint density at radius 1 is 1.28 bits per heavy atom. The molecule has 3 N–H and O–H groups in total. The van der Waals surface area contributed by atoms with Crippen LogP contribution in [-0.4, -0.2) is 26.9 Å². The predicted octanol–water partition coefficient (Wildman–Crippen LogP) is 2.19. The fraction of sp³-hybridized carbons (Fsp3) is 0.500. The van der Waals surface area contributed by atoms with E-state index in [1.165, 1.54) is 0 Å². The van der Waals surface area contributed by atoms with Crippen LogP contribution < -0.4 is 0 Å². The first-order valence-corrected chi connectivity index (χ1v) is 6.05. The molecule has 0 aliphatic carbocycles. The van der Waals surface area contributed by atoms with E-state index in [9.17, 15) is 9.90 Å². The monoisotopic (exact) mass is 252 g/mol. The van der Waals surface area contributed by atoms with Gasteiger partial charge in [0.25, 0.3) is 0 Å². The minimum absolute atomic E-state index is 0.120. The molecular weight excluding hydrogens is 232 g/mol. The normalized spacial score (nSPS) is 14.4. The van der Waals surface area contributed by atoms with Gasteiger partial charge in [-0.05, 0) is 36.5 Å². The molecule has 0 aliphatic rings. The summed E-state index contributed by atoms with van der Waals surface area (Å²) < 4.78 is 0. The second kappa shape index (κ2) is 5.87. The highest BCUT2D eigenvalue weighted by Crippen LogP contribution is 2.27. The Bertz CT molecular complexity index is 397. The van der Waals surface area contributed by atoms with Crippen LogP contribution in [0.4, 0.5) is 0 Å². The molecule has 4 nitrogen and oxygen atoms in total. The molecule has 1 rings (SSSR count). The van der Waals surface area contributed by atoms with Crippen LogP contribution in [0.3, 0.4) is 0 Å². The molecule has 0 bridgehead atoms. The van der Waals surface area contributed by atoms with Crippen molar-refractivity contribution in [3.63, 3.8) is 0 Å². The lowest BCUT2D eigenvalue weighted by Crippen LogP contribution is -2.38. The van der Waals surface area contributed by atoms with E-state index in [1.54, 1.807) is 24.3 Å². The van der Waals surface area contributed by atoms with Crippen LogP contribution in [0.15, 0.2) is 24.3 Å². The van der Waals surface area contributed by atoms with Gasteiger partial charge in [-0.2, -0.15) is 0 Å². The van der Waals surface area contributed by atoms with E-state index < -0.39 is 11.6 Å². The molecule has 0 fully saturated rings. The van der Waals surface area contributed by atoms with Crippen molar-refractivity contribution in [3.05, 3.63) is 29.8 Å². The topological polar surface area (TPSA) is 77.8 Å². The molecule has 0 amide bonds. The van der Waals surface area contributed by atoms with E-state index in [-0.39, 0.29) is 18.1 Å². The summed E-state index contributed by atoms with van der Waals surface area (Å²) in [6.45, 7) is 3.64. The molecule has 1 aromatic rings. The summed E-state index contributed by atoms with van der Waals surface area (Å²) in [4.78, 5) is 10.8. The lowest BCUT2D eigenvalue weighted by Gasteiger charge is -2.30. The van der Waals surface area contributed by atoms with Crippen LogP contribution in [0, 0.1) is 5.92 Å². The molecule has 0 radical (unpaired) electrons. The van der Waals surface area contributed by atoms with Crippen LogP contribution in [-0.2, 0) is 11.2 Å². The zero-order valence-electron chi connectivity index (χ0n) is 10.8. The zero-order valence-corrected chi connectivity index (χ0v) is 10.8. The van der Waals surface area contributed by atoms with Crippen LogP contribution in [0.1, 0.15) is 32.3 Å². The predicted molar refractivity (Wildman–Crippen MR) is 68.5 cm³/mol. The van der Waals surface area contributed by atoms with E-state index in [4.69, 9.17) is 10.2 Å². The van der Waals surface area contributed by atoms with Gasteiger partial charge in [-0.15, -0.1) is 0 Å². The second-order valence-electron chi connectivity index (χ2n) is 5.00. The number of rotatable bonds is 6. The highest BCUT2D eigenvalue weighted by molar-refractivity contribution is 5.68. The SMILES string of the molecule is CC(C)C(O)(CCc1ccc(O)cc1)CC(=O)O. The first-order valence-electron chi connectivity index (χ1n) is 6.05. The van der Waals surface area contributed by atoms with Gasteiger partial charge in [0.15, 0.2) is 0 Å². The van der Waals surface area contributed by atoms with Crippen LogP contribution in [0.5, 0.6) is 5.75 Å². The van der Waals surface area contributed by atoms with Crippen molar-refractivity contribution in [2.75, 3.05) is 0 Å². The van der Waals surface area contributed by atoms with Gasteiger partial charge in [0.1, 0.15) is 5.75 Å². The van der Waals surface area contributed by atoms with Crippen LogP contribution in [0.2, 0.25) is 0 Å². The zero-order chi connectivity index (χ0) is 13.8. The lowest BCUT2D eigenvalue weighted by molar-refractivity contribution is -0.145. The summed E-state index contributed by atoms with van der Waals surface area (Å²) in [7, 11) is 0. The quantitative estimate of drug-likeness (QED) is 0.725. The average molecular weight is 252 g/mol. The summed E-state index contributed by atoms with van der Waals surface area (Å²) in [5, 5.41) is 28.3. The molecule has 1 unspecified atom stereocenters. The Hall–Kier alpha value is -1.55. The lowest BCUT2D eigenvalue weighted by atomic mass is 9.82. The summed E-state index contributed by atoms with van der Waals surface area (Å²) in [5.74, 6) is -0.911. The summed E-state index contributed by atoms with van der Waals surface area (Å²) >= 11 is 0. The number of aliphatic hydroxyl groups is 1. The first-order chi connectivity index (χ1) is 8.33. The number of phenols is 1. The number of aryl methyl sites for hydroxylation is 1. The summed E-state index contributed by atoms with van der Waals surface area (Å²) in [5.41, 5.74) is -0.221. The maximum atomic E-state index is 10.8. The number of hydrogen-bond donors (Lipinski definition) is 3. The van der Waals surface area contributed by atoms with Gasteiger partial charge in [0.2, 0.25) is 0 Å². The van der Waals surface area contributed by atoms with E-state index in [0.717, 1.165) is 5.56 Å². The van der Waals surface area contributed by atoms with Gasteiger partial charge >= 0.3 is 5.97 Å². The number of phenolic OH excluding ortho intramolecular Hbond substituents is 1. The molecule has 0 saturated carbocycles. The van der Waals surface area contributed by atoms with Gasteiger partial charge < -0.3 is 15.3 Å². The smallest absolute Gasteiger partial charge is 0.306 e. The van der Waals surface area contributed by atoms with Crippen LogP contribution in [0.25, 0.3) is 0 Å². The van der Waals surface area contributed by atoms with Crippen molar-refractivity contribution in [1.29, 1.82) is 0 Å². The number of aromatic hydroxyl groups is 1. The Labute approximate surface area is 107 Å². The Morgan fingerprint density at radius 3 is 2.28 bits per heavy atom. The number of aliphatic carboxylic acids is 1. The largest absolute Gasteiger partial charge is 0.508 e. The highest BCUT2D eigenvalue weighted by atomic mass is 16.4. The van der Waals surface area contributed by atoms with Crippen molar-refractivity contribution in [1.82, 2.24) is 0 Å². The third-order valence-electron chi connectivity index (χ3n) is 3.31. The van der Waals surface area contributed by atoms with Crippen molar-refractivity contribution >= 4 is 5.97 Å². The first kappa shape index (κ1) is 14.5. The molecule has 1 aromatic carbocycles. The fourth-order valence-corrected chi connectivity index (χ4v) is 1.87. The van der Waals surface area contributed by atoms with Gasteiger partial charge in [0, 0.05) is 0 Å². The molecule has 0 aromatic heterocycles. The molecule has 18 heavy (non-hydrogen) atoms. The molecule has 0 saturated heterocycles. The maximum Gasteiger partial charge on any atom is 0.306 e. The number of carboxylic acid groups (broad SMARTS) is 1. The van der Waals surface area contributed by atoms with E-state index >= 15 is 0 Å². The highest BCUT2D eigenvalue weighted by Gasteiger charge is 2.33. The number of benzene rings is 1. The van der Waals surface area contributed by atoms with Crippen molar-refractivity contribution < 1.29 is 20.1 Å². The number of carbonyl (C=O) groups is 1. The van der Waals surface area contributed by atoms with Gasteiger partial charge in [-0.1, -0.05) is 26.0 Å². The maximum absolute atomic E-state index is 10.8. The minimum atomic E-state index is -1.19. The summed E-state index contributed by atoms with van der Waals surface area (Å²) in [6, 6.07) is 6.72. The standard InChI is InChI=1S/C14H20O4/c1-10(2)14(18,9-13(16)17)8-7-11-3-5-12(15)6-4-11/h3-6,10,15,18H,7-9H2,1-2H3,(H,16,17). The second-order valence-corrected chi connectivity index (χ2v) is 5.00. The molecule has 0 spiro atoms. The Morgan fingerprint density at radius 2 is 1.83 bits per heavy atom.